The molecule has 0 radical (unpaired) electrons. The Morgan fingerprint density at radius 1 is 1.21 bits per heavy atom. The van der Waals surface area contributed by atoms with Crippen LogP contribution in [-0.2, 0) is 5.92 Å². The van der Waals surface area contributed by atoms with Crippen molar-refractivity contribution >= 4 is 17.5 Å². The Labute approximate surface area is 80.1 Å². The lowest BCUT2D eigenvalue weighted by atomic mass is 10.3. The summed E-state index contributed by atoms with van der Waals surface area (Å²) in [7, 11) is 0. The summed E-state index contributed by atoms with van der Waals surface area (Å²) < 4.78 is 48.9. The minimum Gasteiger partial charge on any atom is -0.368 e. The summed E-state index contributed by atoms with van der Waals surface area (Å²) in [6.45, 7) is 0. The first-order valence-electron chi connectivity index (χ1n) is 3.17. The van der Waals surface area contributed by atoms with Crippen LogP contribution in [0, 0.1) is 0 Å². The normalized spacial score (nSPS) is 12.1. The van der Waals surface area contributed by atoms with Gasteiger partial charge in [-0.05, 0) is 11.6 Å². The first kappa shape index (κ1) is 10.9. The van der Waals surface area contributed by atoms with E-state index < -0.39 is 29.4 Å². The van der Waals surface area contributed by atoms with Gasteiger partial charge in [-0.25, -0.2) is 8.78 Å². The van der Waals surface area contributed by atoms with Gasteiger partial charge in [-0.2, -0.15) is 23.7 Å². The minimum atomic E-state index is -4.49. The molecule has 1 rings (SSSR count). The molecule has 14 heavy (non-hydrogen) atoms. The molecule has 0 saturated heterocycles. The SMILES string of the molecule is Nc1nc(Cl)nc(C(F)(F)C(F)F)n1. The Morgan fingerprint density at radius 2 is 1.79 bits per heavy atom. The van der Waals surface area contributed by atoms with E-state index in [2.05, 4.69) is 15.0 Å². The minimum absolute atomic E-state index is 0.639. The first-order valence-corrected chi connectivity index (χ1v) is 3.55. The molecule has 1 heterocycles. The standard InChI is InChI=1S/C5H3ClF4N4/c6-3-12-2(13-4(11)14-3)5(9,10)1(7)8/h1H,(H2,11,12,13,14). The van der Waals surface area contributed by atoms with Crippen molar-refractivity contribution in [1.29, 1.82) is 0 Å². The molecule has 0 unspecified atom stereocenters. The van der Waals surface area contributed by atoms with E-state index in [9.17, 15) is 17.6 Å². The maximum absolute atomic E-state index is 12.6. The molecular weight excluding hydrogens is 228 g/mol. The van der Waals surface area contributed by atoms with Gasteiger partial charge in [-0.1, -0.05) is 0 Å². The average Bonchev–Trinajstić information content (AvgIpc) is 2.01. The molecule has 2 N–H and O–H groups in total. The quantitative estimate of drug-likeness (QED) is 0.782. The van der Waals surface area contributed by atoms with Crippen molar-refractivity contribution < 1.29 is 17.6 Å². The van der Waals surface area contributed by atoms with Crippen LogP contribution < -0.4 is 5.73 Å². The largest absolute Gasteiger partial charge is 0.368 e. The van der Waals surface area contributed by atoms with E-state index in [1.807, 2.05) is 0 Å². The van der Waals surface area contributed by atoms with Crippen molar-refractivity contribution in [2.24, 2.45) is 0 Å². The number of alkyl halides is 4. The zero-order chi connectivity index (χ0) is 10.9. The monoisotopic (exact) mass is 230 g/mol. The highest BCUT2D eigenvalue weighted by atomic mass is 35.5. The van der Waals surface area contributed by atoms with Crippen molar-refractivity contribution in [3.05, 3.63) is 11.1 Å². The van der Waals surface area contributed by atoms with E-state index >= 15 is 0 Å². The third-order valence-corrected chi connectivity index (χ3v) is 1.37. The lowest BCUT2D eigenvalue weighted by molar-refractivity contribution is -0.141. The van der Waals surface area contributed by atoms with Crippen molar-refractivity contribution in [3.8, 4) is 0 Å². The van der Waals surface area contributed by atoms with Gasteiger partial charge in [0.2, 0.25) is 17.1 Å². The van der Waals surface area contributed by atoms with Gasteiger partial charge in [0.25, 0.3) is 0 Å². The van der Waals surface area contributed by atoms with Gasteiger partial charge in [0.1, 0.15) is 0 Å². The van der Waals surface area contributed by atoms with Crippen LogP contribution in [-0.4, -0.2) is 21.4 Å². The predicted octanol–water partition coefficient (Wildman–Crippen LogP) is 1.46. The number of halogens is 5. The van der Waals surface area contributed by atoms with E-state index in [1.54, 1.807) is 0 Å². The van der Waals surface area contributed by atoms with Crippen LogP contribution in [0.25, 0.3) is 0 Å². The molecule has 0 aromatic carbocycles. The molecule has 78 valence electrons. The van der Waals surface area contributed by atoms with E-state index in [1.165, 1.54) is 0 Å². The molecule has 4 nitrogen and oxygen atoms in total. The molecule has 1 aromatic rings. The van der Waals surface area contributed by atoms with Crippen molar-refractivity contribution in [2.45, 2.75) is 12.3 Å². The van der Waals surface area contributed by atoms with Crippen molar-refractivity contribution in [3.63, 3.8) is 0 Å². The highest BCUT2D eigenvalue weighted by Crippen LogP contribution is 2.32. The van der Waals surface area contributed by atoms with Crippen LogP contribution in [0.5, 0.6) is 0 Å². The first-order chi connectivity index (χ1) is 6.34. The van der Waals surface area contributed by atoms with Gasteiger partial charge >= 0.3 is 12.3 Å². The Balaban J connectivity index is 3.18. The van der Waals surface area contributed by atoms with Crippen LogP contribution in [0.1, 0.15) is 5.82 Å². The molecular formula is C5H3ClF4N4. The van der Waals surface area contributed by atoms with Gasteiger partial charge in [-0.3, -0.25) is 0 Å². The van der Waals surface area contributed by atoms with Gasteiger partial charge in [0, 0.05) is 0 Å². The Bertz CT molecular complexity index is 324. The Kier molecular flexibility index (Phi) is 2.74. The highest BCUT2D eigenvalue weighted by Gasteiger charge is 2.46. The molecule has 0 aliphatic heterocycles. The molecule has 0 bridgehead atoms. The number of hydrogen-bond donors (Lipinski definition) is 1. The predicted molar refractivity (Wildman–Crippen MR) is 39.1 cm³/mol. The second kappa shape index (κ2) is 3.52. The topological polar surface area (TPSA) is 64.7 Å². The summed E-state index contributed by atoms with van der Waals surface area (Å²) in [6, 6.07) is 0. The second-order valence-corrected chi connectivity index (χ2v) is 2.55. The molecule has 0 saturated carbocycles. The van der Waals surface area contributed by atoms with Crippen molar-refractivity contribution in [1.82, 2.24) is 15.0 Å². The molecule has 0 atom stereocenters. The van der Waals surface area contributed by atoms with E-state index in [0.717, 1.165) is 0 Å². The maximum atomic E-state index is 12.6. The van der Waals surface area contributed by atoms with Crippen molar-refractivity contribution in [2.75, 3.05) is 5.73 Å². The van der Waals surface area contributed by atoms with Crippen LogP contribution in [0.3, 0.4) is 0 Å². The number of nitrogens with zero attached hydrogens (tertiary/aromatic N) is 3. The van der Waals surface area contributed by atoms with Crippen LogP contribution in [0.4, 0.5) is 23.5 Å². The summed E-state index contributed by atoms with van der Waals surface area (Å²) in [5.41, 5.74) is 4.93. The molecule has 0 amide bonds. The zero-order valence-electron chi connectivity index (χ0n) is 6.39. The zero-order valence-corrected chi connectivity index (χ0v) is 7.14. The number of nitrogens with two attached hydrogens (primary N) is 1. The number of anilines is 1. The van der Waals surface area contributed by atoms with Gasteiger partial charge < -0.3 is 5.73 Å². The molecule has 0 aliphatic carbocycles. The summed E-state index contributed by atoms with van der Waals surface area (Å²) in [6.07, 6.45) is -3.93. The number of nitrogen functional groups attached to an aromatic ring is 1. The van der Waals surface area contributed by atoms with E-state index in [4.69, 9.17) is 17.3 Å². The Hall–Kier alpha value is -1.18. The highest BCUT2D eigenvalue weighted by molar-refractivity contribution is 6.28. The van der Waals surface area contributed by atoms with Crippen LogP contribution in [0.2, 0.25) is 5.28 Å². The van der Waals surface area contributed by atoms with Gasteiger partial charge in [-0.15, -0.1) is 0 Å². The third-order valence-electron chi connectivity index (χ3n) is 1.20. The van der Waals surface area contributed by atoms with Gasteiger partial charge in [0.15, 0.2) is 0 Å². The third kappa shape index (κ3) is 2.00. The van der Waals surface area contributed by atoms with Gasteiger partial charge in [0.05, 0.1) is 0 Å². The fourth-order valence-electron chi connectivity index (χ4n) is 0.612. The fourth-order valence-corrected chi connectivity index (χ4v) is 0.779. The molecule has 0 spiro atoms. The summed E-state index contributed by atoms with van der Waals surface area (Å²) in [4.78, 5) is 8.88. The summed E-state index contributed by atoms with van der Waals surface area (Å²) in [5, 5.41) is -0.659. The number of rotatable bonds is 2. The Morgan fingerprint density at radius 3 is 2.21 bits per heavy atom. The van der Waals surface area contributed by atoms with E-state index in [-0.39, 0.29) is 0 Å². The summed E-state index contributed by atoms with van der Waals surface area (Å²) in [5.74, 6) is -6.56. The molecule has 9 heteroatoms. The van der Waals surface area contributed by atoms with Crippen LogP contribution in [0.15, 0.2) is 0 Å². The maximum Gasteiger partial charge on any atom is 0.365 e. The summed E-state index contributed by atoms with van der Waals surface area (Å²) >= 11 is 5.14. The molecule has 1 aromatic heterocycles. The molecule has 0 aliphatic rings. The average molecular weight is 231 g/mol. The molecule has 0 fully saturated rings. The number of hydrogen-bond acceptors (Lipinski definition) is 4. The lowest BCUT2D eigenvalue weighted by Crippen LogP contribution is -2.27. The lowest BCUT2D eigenvalue weighted by Gasteiger charge is -2.13. The second-order valence-electron chi connectivity index (χ2n) is 2.21. The smallest absolute Gasteiger partial charge is 0.365 e. The van der Waals surface area contributed by atoms with E-state index in [0.29, 0.717) is 0 Å². The number of aromatic nitrogens is 3. The van der Waals surface area contributed by atoms with Crippen LogP contribution >= 0.6 is 11.6 Å². The fraction of sp³-hybridized carbons (Fsp3) is 0.400.